The molecule has 0 aromatic heterocycles. The SMILES string of the molecule is C/C1=C\CC(C)(C)CCC(=O)C(C)CCC1. The third-order valence-corrected chi connectivity index (χ3v) is 3.81. The van der Waals surface area contributed by atoms with Crippen LogP contribution in [0.3, 0.4) is 0 Å². The molecule has 0 bridgehead atoms. The zero-order chi connectivity index (χ0) is 12.2. The second-order valence-corrected chi connectivity index (χ2v) is 6.18. The van der Waals surface area contributed by atoms with Crippen LogP contribution in [0.25, 0.3) is 0 Å². The molecule has 0 saturated heterocycles. The van der Waals surface area contributed by atoms with Gasteiger partial charge in [0.05, 0.1) is 0 Å². The lowest BCUT2D eigenvalue weighted by molar-refractivity contribution is -0.123. The molecular formula is C15H26O. The van der Waals surface area contributed by atoms with Crippen molar-refractivity contribution in [2.45, 2.75) is 66.2 Å². The Balaban J connectivity index is 2.70. The quantitative estimate of drug-likeness (QED) is 0.551. The van der Waals surface area contributed by atoms with Crippen LogP contribution >= 0.6 is 0 Å². The highest BCUT2D eigenvalue weighted by Crippen LogP contribution is 2.30. The predicted molar refractivity (Wildman–Crippen MR) is 69.4 cm³/mol. The van der Waals surface area contributed by atoms with Crippen molar-refractivity contribution in [2.24, 2.45) is 11.3 Å². The van der Waals surface area contributed by atoms with E-state index in [2.05, 4.69) is 33.8 Å². The second kappa shape index (κ2) is 5.65. The van der Waals surface area contributed by atoms with Crippen LogP contribution in [0.1, 0.15) is 66.2 Å². The molecule has 0 saturated carbocycles. The summed E-state index contributed by atoms with van der Waals surface area (Å²) in [7, 11) is 0. The lowest BCUT2D eigenvalue weighted by atomic mass is 9.82. The van der Waals surface area contributed by atoms with Gasteiger partial charge >= 0.3 is 0 Å². The molecule has 0 aliphatic heterocycles. The molecule has 0 radical (unpaired) electrons. The minimum atomic E-state index is 0.265. The average Bonchev–Trinajstić information content (AvgIpc) is 2.23. The maximum atomic E-state index is 11.9. The van der Waals surface area contributed by atoms with Gasteiger partial charge in [-0.05, 0) is 44.4 Å². The summed E-state index contributed by atoms with van der Waals surface area (Å²) in [6.07, 6.45) is 8.66. The summed E-state index contributed by atoms with van der Waals surface area (Å²) >= 11 is 0. The molecule has 1 unspecified atom stereocenters. The van der Waals surface area contributed by atoms with Crippen molar-refractivity contribution in [3.05, 3.63) is 11.6 Å². The highest BCUT2D eigenvalue weighted by Gasteiger charge is 2.21. The Morgan fingerprint density at radius 2 is 2.00 bits per heavy atom. The van der Waals surface area contributed by atoms with Gasteiger partial charge in [0.1, 0.15) is 5.78 Å². The van der Waals surface area contributed by atoms with E-state index in [9.17, 15) is 4.79 Å². The smallest absolute Gasteiger partial charge is 0.135 e. The van der Waals surface area contributed by atoms with E-state index in [1.54, 1.807) is 0 Å². The summed E-state index contributed by atoms with van der Waals surface area (Å²) < 4.78 is 0. The molecule has 1 aliphatic carbocycles. The van der Waals surface area contributed by atoms with Crippen LogP contribution in [0.2, 0.25) is 0 Å². The highest BCUT2D eigenvalue weighted by atomic mass is 16.1. The van der Waals surface area contributed by atoms with Crippen molar-refractivity contribution in [2.75, 3.05) is 0 Å². The lowest BCUT2D eigenvalue weighted by Gasteiger charge is -2.23. The largest absolute Gasteiger partial charge is 0.299 e. The van der Waals surface area contributed by atoms with Gasteiger partial charge in [-0.3, -0.25) is 4.79 Å². The van der Waals surface area contributed by atoms with Crippen molar-refractivity contribution in [3.8, 4) is 0 Å². The number of carbonyl (C=O) groups is 1. The van der Waals surface area contributed by atoms with E-state index in [0.717, 1.165) is 38.5 Å². The summed E-state index contributed by atoms with van der Waals surface area (Å²) in [4.78, 5) is 11.9. The van der Waals surface area contributed by atoms with Crippen molar-refractivity contribution < 1.29 is 4.79 Å². The summed E-state index contributed by atoms with van der Waals surface area (Å²) in [6, 6.07) is 0. The fraction of sp³-hybridized carbons (Fsp3) is 0.800. The molecule has 1 nitrogen and oxygen atoms in total. The number of allylic oxidation sites excluding steroid dienone is 2. The van der Waals surface area contributed by atoms with E-state index >= 15 is 0 Å². The fourth-order valence-corrected chi connectivity index (χ4v) is 2.21. The molecule has 0 amide bonds. The van der Waals surface area contributed by atoms with Crippen LogP contribution in [0, 0.1) is 11.3 Å². The minimum absolute atomic E-state index is 0.265. The molecule has 0 N–H and O–H groups in total. The molecule has 0 fully saturated rings. The molecule has 0 spiro atoms. The highest BCUT2D eigenvalue weighted by molar-refractivity contribution is 5.80. The molecule has 1 heteroatoms. The van der Waals surface area contributed by atoms with Gasteiger partial charge in [-0.2, -0.15) is 0 Å². The molecule has 0 heterocycles. The molecule has 92 valence electrons. The number of carbonyl (C=O) groups excluding carboxylic acids is 1. The van der Waals surface area contributed by atoms with Crippen molar-refractivity contribution in [3.63, 3.8) is 0 Å². The average molecular weight is 222 g/mol. The Kier molecular flexibility index (Phi) is 4.76. The van der Waals surface area contributed by atoms with Crippen LogP contribution in [0.5, 0.6) is 0 Å². The van der Waals surface area contributed by atoms with Gasteiger partial charge < -0.3 is 0 Å². The first-order valence-corrected chi connectivity index (χ1v) is 6.59. The molecule has 1 aliphatic rings. The number of ketones is 1. The maximum absolute atomic E-state index is 11.9. The lowest BCUT2D eigenvalue weighted by Crippen LogP contribution is -2.16. The molecule has 0 aromatic carbocycles. The monoisotopic (exact) mass is 222 g/mol. The first-order valence-electron chi connectivity index (χ1n) is 6.59. The van der Waals surface area contributed by atoms with Gasteiger partial charge in [-0.1, -0.05) is 32.4 Å². The van der Waals surface area contributed by atoms with Crippen molar-refractivity contribution in [1.82, 2.24) is 0 Å². The topological polar surface area (TPSA) is 17.1 Å². The normalized spacial score (nSPS) is 31.4. The Morgan fingerprint density at radius 1 is 1.31 bits per heavy atom. The Labute approximate surface area is 100 Å². The molecule has 0 aromatic rings. The molecule has 1 rings (SSSR count). The zero-order valence-electron chi connectivity index (χ0n) is 11.3. The Bertz CT molecular complexity index is 273. The molecule has 16 heavy (non-hydrogen) atoms. The van der Waals surface area contributed by atoms with Gasteiger partial charge in [0, 0.05) is 12.3 Å². The van der Waals surface area contributed by atoms with Crippen LogP contribution in [0.4, 0.5) is 0 Å². The number of hydrogen-bond acceptors (Lipinski definition) is 1. The third kappa shape index (κ3) is 4.51. The fourth-order valence-electron chi connectivity index (χ4n) is 2.21. The summed E-state index contributed by atoms with van der Waals surface area (Å²) in [5, 5.41) is 0. The number of rotatable bonds is 0. The summed E-state index contributed by atoms with van der Waals surface area (Å²) in [5.74, 6) is 0.731. The zero-order valence-corrected chi connectivity index (χ0v) is 11.3. The van der Waals surface area contributed by atoms with Crippen LogP contribution in [-0.2, 0) is 4.79 Å². The second-order valence-electron chi connectivity index (χ2n) is 6.18. The Morgan fingerprint density at radius 3 is 2.69 bits per heavy atom. The number of hydrogen-bond donors (Lipinski definition) is 0. The van der Waals surface area contributed by atoms with E-state index in [4.69, 9.17) is 0 Å². The summed E-state index contributed by atoms with van der Waals surface area (Å²) in [5.41, 5.74) is 1.77. The molecular weight excluding hydrogens is 196 g/mol. The van der Waals surface area contributed by atoms with Gasteiger partial charge in [0.25, 0.3) is 0 Å². The number of Topliss-reactive ketones (excluding diaryl/α,β-unsaturated/α-hetero) is 1. The van der Waals surface area contributed by atoms with E-state index in [-0.39, 0.29) is 11.3 Å². The van der Waals surface area contributed by atoms with Gasteiger partial charge in [-0.25, -0.2) is 0 Å². The van der Waals surface area contributed by atoms with Gasteiger partial charge in [-0.15, -0.1) is 0 Å². The van der Waals surface area contributed by atoms with Crippen molar-refractivity contribution in [1.29, 1.82) is 0 Å². The first-order chi connectivity index (χ1) is 7.41. The van der Waals surface area contributed by atoms with Gasteiger partial charge in [0.15, 0.2) is 0 Å². The first kappa shape index (κ1) is 13.5. The van der Waals surface area contributed by atoms with E-state index in [0.29, 0.717) is 5.78 Å². The standard InChI is InChI=1S/C15H26O/c1-12-6-5-7-13(2)14(16)9-11-15(3,4)10-8-12/h8,13H,5-7,9-11H2,1-4H3/b12-8+. The third-order valence-electron chi connectivity index (χ3n) is 3.81. The van der Waals surface area contributed by atoms with Gasteiger partial charge in [0.2, 0.25) is 0 Å². The van der Waals surface area contributed by atoms with Crippen LogP contribution in [0.15, 0.2) is 11.6 Å². The maximum Gasteiger partial charge on any atom is 0.135 e. The van der Waals surface area contributed by atoms with Crippen LogP contribution < -0.4 is 0 Å². The van der Waals surface area contributed by atoms with Crippen molar-refractivity contribution >= 4 is 5.78 Å². The predicted octanol–water partition coefficient (Wildman–Crippen LogP) is 4.52. The van der Waals surface area contributed by atoms with E-state index in [1.165, 1.54) is 5.57 Å². The Hall–Kier alpha value is -0.590. The van der Waals surface area contributed by atoms with Crippen LogP contribution in [-0.4, -0.2) is 5.78 Å². The van der Waals surface area contributed by atoms with E-state index in [1.807, 2.05) is 0 Å². The molecule has 1 atom stereocenters. The minimum Gasteiger partial charge on any atom is -0.299 e. The summed E-state index contributed by atoms with van der Waals surface area (Å²) in [6.45, 7) is 8.85. The van der Waals surface area contributed by atoms with E-state index < -0.39 is 0 Å².